The molecule has 4 nitrogen and oxygen atoms in total. The summed E-state index contributed by atoms with van der Waals surface area (Å²) >= 11 is -0.605. The number of nitrogens with zero attached hydrogens (tertiary/aromatic N) is 1. The normalized spacial score (nSPS) is 21.9. The molecule has 1 amide bonds. The van der Waals surface area contributed by atoms with E-state index in [9.17, 15) is 22.8 Å². The summed E-state index contributed by atoms with van der Waals surface area (Å²) in [6, 6.07) is 6.98. The first-order valence-electron chi connectivity index (χ1n) is 6.15. The van der Waals surface area contributed by atoms with Crippen LogP contribution in [0.25, 0.3) is 0 Å². The lowest BCUT2D eigenvalue weighted by molar-refractivity contribution is -0.162. The van der Waals surface area contributed by atoms with Crippen LogP contribution >= 0.6 is 11.9 Å². The number of carbonyl (C=O) groups excluding carboxylic acids is 2. The largest absolute Gasteiger partial charge is 0.464 e. The SMILES string of the molecule is CCOC(=O)C1C(c2ccccc2)C(=O)N1SC(F)(F)F. The molecule has 2 rings (SSSR count). The van der Waals surface area contributed by atoms with Gasteiger partial charge >= 0.3 is 11.5 Å². The van der Waals surface area contributed by atoms with Crippen LogP contribution in [0.2, 0.25) is 0 Å². The summed E-state index contributed by atoms with van der Waals surface area (Å²) in [6.07, 6.45) is 0. The van der Waals surface area contributed by atoms with Crippen LogP contribution in [0.1, 0.15) is 18.4 Å². The molecule has 1 aromatic carbocycles. The van der Waals surface area contributed by atoms with Crippen LogP contribution in [0.15, 0.2) is 30.3 Å². The number of ether oxygens (including phenoxy) is 1. The monoisotopic (exact) mass is 319 g/mol. The summed E-state index contributed by atoms with van der Waals surface area (Å²) in [5, 5.41) is 0. The van der Waals surface area contributed by atoms with E-state index >= 15 is 0 Å². The van der Waals surface area contributed by atoms with E-state index in [1.807, 2.05) is 0 Å². The molecule has 0 N–H and O–H groups in total. The van der Waals surface area contributed by atoms with Crippen LogP contribution in [-0.4, -0.2) is 34.3 Å². The molecule has 0 radical (unpaired) electrons. The minimum atomic E-state index is -4.64. The standard InChI is InChI=1S/C13H12F3NO3S/c1-2-20-12(19)10-9(8-6-4-3-5-7-8)11(18)17(10)21-13(14,15)16/h3-7,9-10H,2H2,1H3. The molecule has 0 saturated carbocycles. The Kier molecular flexibility index (Phi) is 4.46. The Morgan fingerprint density at radius 2 is 1.95 bits per heavy atom. The van der Waals surface area contributed by atoms with Crippen molar-refractivity contribution in [1.29, 1.82) is 0 Å². The lowest BCUT2D eigenvalue weighted by Gasteiger charge is -2.44. The second-order valence-electron chi connectivity index (χ2n) is 4.29. The predicted molar refractivity (Wildman–Crippen MR) is 70.1 cm³/mol. The molecule has 0 aliphatic carbocycles. The number of hydrogen-bond acceptors (Lipinski definition) is 4. The summed E-state index contributed by atoms with van der Waals surface area (Å²) in [5.41, 5.74) is -4.14. The molecule has 8 heteroatoms. The Balaban J connectivity index is 2.25. The summed E-state index contributed by atoms with van der Waals surface area (Å²) in [6.45, 7) is 1.59. The Bertz CT molecular complexity index is 535. The van der Waals surface area contributed by atoms with Crippen LogP contribution < -0.4 is 0 Å². The summed E-state index contributed by atoms with van der Waals surface area (Å²) in [7, 11) is 0. The van der Waals surface area contributed by atoms with Gasteiger partial charge in [-0.05, 0) is 12.5 Å². The number of esters is 1. The van der Waals surface area contributed by atoms with E-state index in [4.69, 9.17) is 4.74 Å². The van der Waals surface area contributed by atoms with Crippen molar-refractivity contribution < 1.29 is 27.5 Å². The van der Waals surface area contributed by atoms with Gasteiger partial charge in [0.25, 0.3) is 0 Å². The van der Waals surface area contributed by atoms with Crippen molar-refractivity contribution in [2.45, 2.75) is 24.4 Å². The number of amides is 1. The van der Waals surface area contributed by atoms with Crippen molar-refractivity contribution in [2.75, 3.05) is 6.61 Å². The van der Waals surface area contributed by atoms with Crippen LogP contribution in [0.3, 0.4) is 0 Å². The second-order valence-corrected chi connectivity index (χ2v) is 5.33. The summed E-state index contributed by atoms with van der Waals surface area (Å²) in [5.74, 6) is -2.51. The Labute approximate surface area is 123 Å². The maximum Gasteiger partial charge on any atom is 0.461 e. The van der Waals surface area contributed by atoms with Crippen LogP contribution in [0.5, 0.6) is 0 Å². The minimum absolute atomic E-state index is 0.0373. The summed E-state index contributed by atoms with van der Waals surface area (Å²) in [4.78, 5) is 23.8. The number of carbonyl (C=O) groups is 2. The van der Waals surface area contributed by atoms with Gasteiger partial charge in [-0.2, -0.15) is 13.2 Å². The topological polar surface area (TPSA) is 46.6 Å². The average Bonchev–Trinajstić information content (AvgIpc) is 2.42. The van der Waals surface area contributed by atoms with E-state index < -0.39 is 41.3 Å². The Hall–Kier alpha value is -1.70. The third-order valence-corrected chi connectivity index (χ3v) is 3.75. The molecule has 114 valence electrons. The third kappa shape index (κ3) is 3.31. The fourth-order valence-electron chi connectivity index (χ4n) is 2.12. The van der Waals surface area contributed by atoms with E-state index in [1.165, 1.54) is 0 Å². The molecule has 1 heterocycles. The lowest BCUT2D eigenvalue weighted by Crippen LogP contribution is -2.60. The van der Waals surface area contributed by atoms with Gasteiger partial charge in [0, 0.05) is 0 Å². The molecule has 1 fully saturated rings. The van der Waals surface area contributed by atoms with Gasteiger partial charge in [0.05, 0.1) is 24.5 Å². The molecule has 1 aromatic rings. The smallest absolute Gasteiger partial charge is 0.461 e. The van der Waals surface area contributed by atoms with Crippen molar-refractivity contribution >= 4 is 23.8 Å². The van der Waals surface area contributed by atoms with E-state index in [0.29, 0.717) is 9.87 Å². The van der Waals surface area contributed by atoms with E-state index in [2.05, 4.69) is 0 Å². The fraction of sp³-hybridized carbons (Fsp3) is 0.385. The zero-order valence-electron chi connectivity index (χ0n) is 11.0. The first-order chi connectivity index (χ1) is 9.85. The van der Waals surface area contributed by atoms with Gasteiger partial charge in [-0.15, -0.1) is 0 Å². The van der Waals surface area contributed by atoms with Gasteiger partial charge in [-0.3, -0.25) is 9.10 Å². The van der Waals surface area contributed by atoms with Gasteiger partial charge in [0.15, 0.2) is 6.04 Å². The molecule has 1 aliphatic heterocycles. The van der Waals surface area contributed by atoms with Crippen molar-refractivity contribution in [3.63, 3.8) is 0 Å². The molecule has 0 spiro atoms. The molecule has 21 heavy (non-hydrogen) atoms. The molecule has 1 saturated heterocycles. The van der Waals surface area contributed by atoms with Gasteiger partial charge in [-0.25, -0.2) is 4.79 Å². The van der Waals surface area contributed by atoms with E-state index in [-0.39, 0.29) is 6.61 Å². The maximum absolute atomic E-state index is 12.5. The summed E-state index contributed by atoms with van der Waals surface area (Å²) < 4.78 is 42.6. The molecule has 0 aromatic heterocycles. The van der Waals surface area contributed by atoms with Crippen LogP contribution in [-0.2, 0) is 14.3 Å². The van der Waals surface area contributed by atoms with E-state index in [1.54, 1.807) is 37.3 Å². The quantitative estimate of drug-likeness (QED) is 0.486. The van der Waals surface area contributed by atoms with Crippen LogP contribution in [0, 0.1) is 0 Å². The van der Waals surface area contributed by atoms with Gasteiger partial charge < -0.3 is 4.74 Å². The van der Waals surface area contributed by atoms with E-state index in [0.717, 1.165) is 0 Å². The maximum atomic E-state index is 12.5. The second kappa shape index (κ2) is 5.97. The minimum Gasteiger partial charge on any atom is -0.464 e. The highest BCUT2D eigenvalue weighted by atomic mass is 32.2. The number of β-lactam (4-membered cyclic amide) rings is 1. The number of alkyl halides is 3. The highest BCUT2D eigenvalue weighted by Crippen LogP contribution is 2.46. The first kappa shape index (κ1) is 15.7. The fourth-order valence-corrected chi connectivity index (χ4v) is 2.87. The van der Waals surface area contributed by atoms with Crippen molar-refractivity contribution in [2.24, 2.45) is 0 Å². The number of halogens is 3. The highest BCUT2D eigenvalue weighted by Gasteiger charge is 2.57. The number of benzene rings is 1. The molecule has 2 unspecified atom stereocenters. The molecule has 0 bridgehead atoms. The Morgan fingerprint density at radius 1 is 1.33 bits per heavy atom. The highest BCUT2D eigenvalue weighted by molar-refractivity contribution is 7.98. The zero-order valence-corrected chi connectivity index (χ0v) is 11.8. The molecular weight excluding hydrogens is 307 g/mol. The van der Waals surface area contributed by atoms with Crippen molar-refractivity contribution in [3.8, 4) is 0 Å². The van der Waals surface area contributed by atoms with Crippen LogP contribution in [0.4, 0.5) is 13.2 Å². The Morgan fingerprint density at radius 3 is 2.48 bits per heavy atom. The van der Waals surface area contributed by atoms with Crippen molar-refractivity contribution in [1.82, 2.24) is 4.31 Å². The lowest BCUT2D eigenvalue weighted by atomic mass is 9.84. The first-order valence-corrected chi connectivity index (χ1v) is 6.93. The van der Waals surface area contributed by atoms with Gasteiger partial charge in [0.2, 0.25) is 5.91 Å². The average molecular weight is 319 g/mol. The zero-order chi connectivity index (χ0) is 15.6. The predicted octanol–water partition coefficient (Wildman–Crippen LogP) is 2.71. The number of rotatable bonds is 4. The number of hydrogen-bond donors (Lipinski definition) is 0. The molecular formula is C13H12F3NO3S. The molecule has 1 aliphatic rings. The third-order valence-electron chi connectivity index (χ3n) is 2.94. The van der Waals surface area contributed by atoms with Crippen molar-refractivity contribution in [3.05, 3.63) is 35.9 Å². The van der Waals surface area contributed by atoms with Gasteiger partial charge in [0.1, 0.15) is 0 Å². The molecule has 2 atom stereocenters. The van der Waals surface area contributed by atoms with Gasteiger partial charge in [-0.1, -0.05) is 30.3 Å².